The third-order valence-electron chi connectivity index (χ3n) is 2.78. The number of carboxylic acid groups (broad SMARTS) is 1. The molecule has 0 spiro atoms. The minimum absolute atomic E-state index is 0.146. The first-order valence-corrected chi connectivity index (χ1v) is 6.33. The van der Waals surface area contributed by atoms with Crippen LogP contribution >= 0.6 is 0 Å². The summed E-state index contributed by atoms with van der Waals surface area (Å²) < 4.78 is 4.84. The highest BCUT2D eigenvalue weighted by atomic mass is 16.5. The second-order valence-electron chi connectivity index (χ2n) is 4.50. The van der Waals surface area contributed by atoms with E-state index in [4.69, 9.17) is 9.84 Å². The zero-order valence-electron chi connectivity index (χ0n) is 11.9. The van der Waals surface area contributed by atoms with Crippen molar-refractivity contribution in [3.8, 4) is 0 Å². The Morgan fingerprint density at radius 2 is 2.10 bits per heavy atom. The van der Waals surface area contributed by atoms with Crippen LogP contribution in [0.15, 0.2) is 18.2 Å². The van der Waals surface area contributed by atoms with Gasteiger partial charge in [-0.05, 0) is 31.5 Å². The smallest absolute Gasteiger partial charge is 0.337 e. The van der Waals surface area contributed by atoms with Crippen LogP contribution in [0, 0.1) is 6.92 Å². The van der Waals surface area contributed by atoms with Crippen molar-refractivity contribution >= 4 is 17.6 Å². The molecule has 1 atom stereocenters. The molecule has 20 heavy (non-hydrogen) atoms. The summed E-state index contributed by atoms with van der Waals surface area (Å²) in [6.07, 6.45) is 0. The summed E-state index contributed by atoms with van der Waals surface area (Å²) in [5.41, 5.74) is 1.50. The van der Waals surface area contributed by atoms with Crippen molar-refractivity contribution in [2.75, 3.05) is 25.6 Å². The van der Waals surface area contributed by atoms with Gasteiger partial charge in [-0.3, -0.25) is 4.79 Å². The number of aryl methyl sites for hydroxylation is 1. The zero-order chi connectivity index (χ0) is 15.1. The molecule has 0 fully saturated rings. The van der Waals surface area contributed by atoms with Crippen molar-refractivity contribution in [1.29, 1.82) is 0 Å². The summed E-state index contributed by atoms with van der Waals surface area (Å²) in [4.78, 5) is 22.9. The van der Waals surface area contributed by atoms with E-state index >= 15 is 0 Å². The van der Waals surface area contributed by atoms with E-state index in [9.17, 15) is 9.59 Å². The highest BCUT2D eigenvalue weighted by Crippen LogP contribution is 2.18. The van der Waals surface area contributed by atoms with Crippen LogP contribution in [-0.4, -0.2) is 43.3 Å². The predicted molar refractivity (Wildman–Crippen MR) is 76.1 cm³/mol. The van der Waals surface area contributed by atoms with Gasteiger partial charge in [0, 0.05) is 19.3 Å². The molecule has 0 heterocycles. The molecule has 1 aromatic carbocycles. The van der Waals surface area contributed by atoms with E-state index in [0.717, 1.165) is 5.56 Å². The van der Waals surface area contributed by atoms with E-state index in [0.29, 0.717) is 18.8 Å². The van der Waals surface area contributed by atoms with E-state index in [-0.39, 0.29) is 11.5 Å². The first-order valence-electron chi connectivity index (χ1n) is 6.33. The highest BCUT2D eigenvalue weighted by Gasteiger charge is 2.16. The van der Waals surface area contributed by atoms with Gasteiger partial charge in [0.05, 0.1) is 12.2 Å². The topological polar surface area (TPSA) is 87.7 Å². The number of methoxy groups -OCH3 is 1. The second-order valence-corrected chi connectivity index (χ2v) is 4.50. The molecule has 0 aliphatic rings. The number of carboxylic acids is 1. The third kappa shape index (κ3) is 4.55. The van der Waals surface area contributed by atoms with Crippen molar-refractivity contribution in [1.82, 2.24) is 5.32 Å². The summed E-state index contributed by atoms with van der Waals surface area (Å²) in [6, 6.07) is 4.42. The standard InChI is InChI=1S/C14H20N2O4/c1-9-4-5-11(14(18)19)12(8-9)16-10(2)13(17)15-6-7-20-3/h4-5,8,10,16H,6-7H2,1-3H3,(H,15,17)(H,18,19). The van der Waals surface area contributed by atoms with Gasteiger partial charge < -0.3 is 20.5 Å². The molecule has 0 aliphatic carbocycles. The first-order chi connectivity index (χ1) is 9.45. The Kier molecular flexibility index (Phi) is 5.99. The Morgan fingerprint density at radius 1 is 1.40 bits per heavy atom. The van der Waals surface area contributed by atoms with Crippen molar-refractivity contribution in [3.05, 3.63) is 29.3 Å². The molecule has 0 bridgehead atoms. The van der Waals surface area contributed by atoms with Crippen molar-refractivity contribution in [3.63, 3.8) is 0 Å². The number of rotatable bonds is 7. The summed E-state index contributed by atoms with van der Waals surface area (Å²) in [5.74, 6) is -1.24. The number of ether oxygens (including phenoxy) is 1. The Balaban J connectivity index is 2.74. The molecule has 1 unspecified atom stereocenters. The molecule has 1 aromatic rings. The Morgan fingerprint density at radius 3 is 2.70 bits per heavy atom. The van der Waals surface area contributed by atoms with Crippen molar-refractivity contribution < 1.29 is 19.4 Å². The number of hydrogen-bond acceptors (Lipinski definition) is 4. The third-order valence-corrected chi connectivity index (χ3v) is 2.78. The van der Waals surface area contributed by atoms with Crippen LogP contribution in [0.25, 0.3) is 0 Å². The molecule has 0 radical (unpaired) electrons. The first kappa shape index (κ1) is 16.0. The van der Waals surface area contributed by atoms with E-state index in [2.05, 4.69) is 10.6 Å². The van der Waals surface area contributed by atoms with Gasteiger partial charge in [-0.2, -0.15) is 0 Å². The lowest BCUT2D eigenvalue weighted by molar-refractivity contribution is -0.121. The molecule has 0 aromatic heterocycles. The van der Waals surface area contributed by atoms with Crippen LogP contribution in [-0.2, 0) is 9.53 Å². The maximum Gasteiger partial charge on any atom is 0.337 e. The molecular weight excluding hydrogens is 260 g/mol. The monoisotopic (exact) mass is 280 g/mol. The molecule has 1 amide bonds. The fourth-order valence-electron chi connectivity index (χ4n) is 1.69. The maximum absolute atomic E-state index is 11.8. The summed E-state index contributed by atoms with van der Waals surface area (Å²) >= 11 is 0. The molecule has 0 saturated carbocycles. The SMILES string of the molecule is COCCNC(=O)C(C)Nc1cc(C)ccc1C(=O)O. The van der Waals surface area contributed by atoms with E-state index in [1.54, 1.807) is 26.2 Å². The number of aromatic carboxylic acids is 1. The number of carbonyl (C=O) groups excluding carboxylic acids is 1. The van der Waals surface area contributed by atoms with Crippen LogP contribution in [0.2, 0.25) is 0 Å². The predicted octanol–water partition coefficient (Wildman–Crippen LogP) is 1.26. The van der Waals surface area contributed by atoms with E-state index in [1.165, 1.54) is 6.07 Å². The lowest BCUT2D eigenvalue weighted by atomic mass is 10.1. The molecule has 0 saturated heterocycles. The summed E-state index contributed by atoms with van der Waals surface area (Å²) in [7, 11) is 1.56. The molecule has 3 N–H and O–H groups in total. The fraction of sp³-hybridized carbons (Fsp3) is 0.429. The van der Waals surface area contributed by atoms with Crippen LogP contribution in [0.3, 0.4) is 0 Å². The molecule has 110 valence electrons. The molecule has 0 aliphatic heterocycles. The number of carbonyl (C=O) groups is 2. The Bertz CT molecular complexity index is 488. The maximum atomic E-state index is 11.8. The number of benzene rings is 1. The summed E-state index contributed by atoms with van der Waals surface area (Å²) in [5, 5.41) is 14.7. The second kappa shape index (κ2) is 7.49. The molecule has 1 rings (SSSR count). The van der Waals surface area contributed by atoms with Crippen molar-refractivity contribution in [2.24, 2.45) is 0 Å². The average molecular weight is 280 g/mol. The highest BCUT2D eigenvalue weighted by molar-refractivity contribution is 5.95. The van der Waals surface area contributed by atoms with Crippen LogP contribution in [0.5, 0.6) is 0 Å². The zero-order valence-corrected chi connectivity index (χ0v) is 11.9. The summed E-state index contributed by atoms with van der Waals surface area (Å²) in [6.45, 7) is 4.39. The average Bonchev–Trinajstić information content (AvgIpc) is 2.38. The van der Waals surface area contributed by atoms with Crippen LogP contribution in [0.1, 0.15) is 22.8 Å². The lowest BCUT2D eigenvalue weighted by Crippen LogP contribution is -2.39. The van der Waals surface area contributed by atoms with Gasteiger partial charge in [0.15, 0.2) is 0 Å². The van der Waals surface area contributed by atoms with E-state index < -0.39 is 12.0 Å². The Hall–Kier alpha value is -2.08. The largest absolute Gasteiger partial charge is 0.478 e. The quantitative estimate of drug-likeness (QED) is 0.654. The van der Waals surface area contributed by atoms with Gasteiger partial charge in [0.1, 0.15) is 6.04 Å². The van der Waals surface area contributed by atoms with Gasteiger partial charge in [0.2, 0.25) is 5.91 Å². The van der Waals surface area contributed by atoms with E-state index in [1.807, 2.05) is 6.92 Å². The number of hydrogen-bond donors (Lipinski definition) is 3. The normalized spacial score (nSPS) is 11.8. The molecular formula is C14H20N2O4. The van der Waals surface area contributed by atoms with Gasteiger partial charge in [-0.15, -0.1) is 0 Å². The minimum atomic E-state index is -1.03. The van der Waals surface area contributed by atoms with Gasteiger partial charge in [-0.1, -0.05) is 6.07 Å². The number of anilines is 1. The lowest BCUT2D eigenvalue weighted by Gasteiger charge is -2.17. The minimum Gasteiger partial charge on any atom is -0.478 e. The fourth-order valence-corrected chi connectivity index (χ4v) is 1.69. The van der Waals surface area contributed by atoms with Crippen molar-refractivity contribution in [2.45, 2.75) is 19.9 Å². The number of nitrogens with one attached hydrogen (secondary N) is 2. The van der Waals surface area contributed by atoms with Crippen LogP contribution in [0.4, 0.5) is 5.69 Å². The van der Waals surface area contributed by atoms with Crippen LogP contribution < -0.4 is 10.6 Å². The Labute approximate surface area is 118 Å². The molecule has 6 nitrogen and oxygen atoms in total. The molecule has 6 heteroatoms. The van der Waals surface area contributed by atoms with Gasteiger partial charge >= 0.3 is 5.97 Å². The van der Waals surface area contributed by atoms with Gasteiger partial charge in [0.25, 0.3) is 0 Å². The van der Waals surface area contributed by atoms with Gasteiger partial charge in [-0.25, -0.2) is 4.79 Å². The number of amides is 1.